The van der Waals surface area contributed by atoms with Crippen LogP contribution in [0.25, 0.3) is 22.5 Å². The Morgan fingerprint density at radius 1 is 1.00 bits per heavy atom. The molecule has 0 aliphatic carbocycles. The van der Waals surface area contributed by atoms with Gasteiger partial charge in [0, 0.05) is 0 Å². The number of hydrogen-bond donors (Lipinski definition) is 1. The molecule has 12 heteroatoms. The molecule has 0 fully saturated rings. The molecule has 2 aromatic heterocycles. The Morgan fingerprint density at radius 3 is 2.31 bits per heavy atom. The Kier molecular flexibility index (Phi) is 8.99. The van der Waals surface area contributed by atoms with Gasteiger partial charge in [-0.25, -0.2) is 0 Å². The number of rotatable bonds is 11. The molecule has 0 radical (unpaired) electrons. The van der Waals surface area contributed by atoms with E-state index in [0.29, 0.717) is 24.1 Å². The van der Waals surface area contributed by atoms with Crippen molar-refractivity contribution in [2.75, 3.05) is 13.2 Å². The van der Waals surface area contributed by atoms with E-state index in [4.69, 9.17) is 4.74 Å². The van der Waals surface area contributed by atoms with Crippen LogP contribution < -0.4 is 4.74 Å². The van der Waals surface area contributed by atoms with Crippen molar-refractivity contribution in [1.82, 2.24) is 28.2 Å². The summed E-state index contributed by atoms with van der Waals surface area (Å²) in [5.74, 6) is 0.810. The Bertz CT molecular complexity index is 1390. The van der Waals surface area contributed by atoms with Gasteiger partial charge in [0.15, 0.2) is 0 Å². The molecule has 39 heavy (non-hydrogen) atoms. The number of nitrogens with zero attached hydrogens (tertiary/aromatic N) is 6. The van der Waals surface area contributed by atoms with E-state index in [2.05, 4.69) is 35.4 Å². The normalized spacial score (nSPS) is 12.2. The number of ether oxygens (including phenoxy) is 1. The van der Waals surface area contributed by atoms with Crippen molar-refractivity contribution in [3.8, 4) is 28.4 Å². The minimum atomic E-state index is -4.45. The third kappa shape index (κ3) is 6.99. The van der Waals surface area contributed by atoms with Gasteiger partial charge < -0.3 is 5.11 Å². The number of aryl methyl sites for hydroxylation is 1. The van der Waals surface area contributed by atoms with E-state index in [9.17, 15) is 18.3 Å². The van der Waals surface area contributed by atoms with E-state index < -0.39 is 31.4 Å². The molecule has 0 aliphatic heterocycles. The molecule has 1 N–H and O–H groups in total. The van der Waals surface area contributed by atoms with E-state index in [1.807, 2.05) is 58.4 Å². The summed E-state index contributed by atoms with van der Waals surface area (Å²) in [7, 11) is 0. The molecule has 2 heterocycles. The van der Waals surface area contributed by atoms with Crippen molar-refractivity contribution in [2.24, 2.45) is 0 Å². The summed E-state index contributed by atoms with van der Waals surface area (Å²) in [6.45, 7) is 0.275. The van der Waals surface area contributed by atoms with Gasteiger partial charge in [-0.05, 0) is 0 Å². The van der Waals surface area contributed by atoms with E-state index >= 15 is 0 Å². The summed E-state index contributed by atoms with van der Waals surface area (Å²) in [5, 5.41) is 26.0. The Balaban J connectivity index is 1.68. The van der Waals surface area contributed by atoms with Crippen LogP contribution in [0, 0.1) is 0 Å². The van der Waals surface area contributed by atoms with Gasteiger partial charge in [0.25, 0.3) is 0 Å². The monoisotopic (exact) mass is 650 g/mol. The molecule has 0 amide bonds. The molecule has 0 spiro atoms. The second-order valence-electron chi connectivity index (χ2n) is 10.3. The number of alkyl halides is 3. The molecule has 208 valence electrons. The fourth-order valence-electron chi connectivity index (χ4n) is 4.47. The maximum atomic E-state index is 13.3. The molecule has 4 aromatic rings. The summed E-state index contributed by atoms with van der Waals surface area (Å²) < 4.78 is 48.2. The molecule has 2 aromatic carbocycles. The molecule has 0 saturated heterocycles. The standard InChI is InChI=1S/C24H24F3N6O2.3CH3.Sn/c1-2-5-21-20(23(35-13-12-34)33(30-21)15-24(25,26)27)14-16-8-10-17(11-9-16)18-6-3-4-7-19(18)22-28-31-32-29-22;;;;/h3-4,6-11,34H,2,5,12-15H2,1H3;3*1H3;/q-1;;;;+1. The molecule has 4 rings (SSSR count). The summed E-state index contributed by atoms with van der Waals surface area (Å²) in [6, 6.07) is 15.9. The fourth-order valence-corrected chi connectivity index (χ4v) is 7.63. The van der Waals surface area contributed by atoms with Crippen molar-refractivity contribution in [3.63, 3.8) is 0 Å². The topological polar surface area (TPSA) is 90.9 Å². The average Bonchev–Trinajstić information content (AvgIpc) is 3.48. The first-order chi connectivity index (χ1) is 18.5. The van der Waals surface area contributed by atoms with Gasteiger partial charge in [0.1, 0.15) is 13.2 Å². The van der Waals surface area contributed by atoms with Gasteiger partial charge in [-0.1, -0.05) is 13.3 Å². The number of aromatic nitrogens is 6. The third-order valence-corrected chi connectivity index (χ3v) is 10.6. The number of tetrazole rings is 1. The minimum absolute atomic E-state index is 0.0552. The van der Waals surface area contributed by atoms with E-state index in [-0.39, 0.29) is 19.1 Å². The Morgan fingerprint density at radius 2 is 1.69 bits per heavy atom. The molecule has 0 bridgehead atoms. The Hall–Kier alpha value is -2.93. The predicted octanol–water partition coefficient (Wildman–Crippen LogP) is 5.36. The van der Waals surface area contributed by atoms with E-state index in [1.54, 1.807) is 0 Å². The van der Waals surface area contributed by atoms with Crippen molar-refractivity contribution in [1.29, 1.82) is 0 Å². The van der Waals surface area contributed by atoms with Crippen molar-refractivity contribution < 1.29 is 23.0 Å². The SMILES string of the molecule is CCCc1nn(CC(F)(F)F)c(OCCO)c1Cc1ccc(-c2ccccc2-c2nnn[n]2[Sn]([CH3])([CH3])[CH3])cc1. The zero-order chi connectivity index (χ0) is 28.2. The van der Waals surface area contributed by atoms with Gasteiger partial charge in [0.2, 0.25) is 0 Å². The third-order valence-electron chi connectivity index (χ3n) is 6.15. The molecule has 0 atom stereocenters. The number of aliphatic hydroxyl groups excluding tert-OH is 1. The molecule has 0 unspecified atom stereocenters. The van der Waals surface area contributed by atoms with Crippen LogP contribution in [0.2, 0.25) is 14.8 Å². The molecule has 0 saturated carbocycles. The zero-order valence-corrected chi connectivity index (χ0v) is 25.4. The molecule has 0 aliphatic rings. The second-order valence-corrected chi connectivity index (χ2v) is 23.9. The Labute approximate surface area is 230 Å². The number of aliphatic hydroxyl groups is 1. The van der Waals surface area contributed by atoms with Crippen LogP contribution in [0.4, 0.5) is 13.2 Å². The summed E-state index contributed by atoms with van der Waals surface area (Å²) in [5.41, 5.74) is 5.01. The summed E-state index contributed by atoms with van der Waals surface area (Å²) in [4.78, 5) is 6.73. The fraction of sp³-hybridized carbons (Fsp3) is 0.407. The van der Waals surface area contributed by atoms with Gasteiger partial charge in [-0.15, -0.1) is 0 Å². The van der Waals surface area contributed by atoms with E-state index in [0.717, 1.165) is 39.2 Å². The van der Waals surface area contributed by atoms with Crippen LogP contribution >= 0.6 is 0 Å². The summed E-state index contributed by atoms with van der Waals surface area (Å²) >= 11 is -2.64. The number of halogens is 3. The van der Waals surface area contributed by atoms with Crippen LogP contribution in [0.3, 0.4) is 0 Å². The van der Waals surface area contributed by atoms with Crippen molar-refractivity contribution >= 4 is 18.7 Å². The van der Waals surface area contributed by atoms with Gasteiger partial charge in [-0.3, -0.25) is 0 Å². The maximum absolute atomic E-state index is 13.3. The molecular weight excluding hydrogens is 616 g/mol. The average molecular weight is 649 g/mol. The quantitative estimate of drug-likeness (QED) is 0.220. The zero-order valence-electron chi connectivity index (χ0n) is 22.5. The predicted molar refractivity (Wildman–Crippen MR) is 145 cm³/mol. The van der Waals surface area contributed by atoms with Crippen LogP contribution in [0.5, 0.6) is 5.88 Å². The first-order valence-corrected chi connectivity index (χ1v) is 22.7. The molecular formula is C27H33F3N6O2Sn. The van der Waals surface area contributed by atoms with Gasteiger partial charge in [-0.2, -0.15) is 13.2 Å². The first kappa shape index (κ1) is 29.1. The first-order valence-electron chi connectivity index (χ1n) is 12.9. The van der Waals surface area contributed by atoms with Crippen LogP contribution in [-0.4, -0.2) is 71.4 Å². The number of benzene rings is 2. The molecule has 8 nitrogen and oxygen atoms in total. The van der Waals surface area contributed by atoms with Crippen LogP contribution in [0.1, 0.15) is 30.2 Å². The second kappa shape index (κ2) is 12.1. The summed E-state index contributed by atoms with van der Waals surface area (Å²) in [6.07, 6.45) is -2.85. The van der Waals surface area contributed by atoms with Crippen LogP contribution in [-0.2, 0) is 19.4 Å². The number of hydrogen-bond acceptors (Lipinski definition) is 6. The van der Waals surface area contributed by atoms with E-state index in [1.165, 1.54) is 0 Å². The van der Waals surface area contributed by atoms with Crippen LogP contribution in [0.15, 0.2) is 48.5 Å². The van der Waals surface area contributed by atoms with Crippen molar-refractivity contribution in [2.45, 2.75) is 53.7 Å². The van der Waals surface area contributed by atoms with Crippen molar-refractivity contribution in [3.05, 3.63) is 65.4 Å². The van der Waals surface area contributed by atoms with Gasteiger partial charge in [0.05, 0.1) is 6.61 Å². The van der Waals surface area contributed by atoms with Gasteiger partial charge >= 0.3 is 179 Å².